The van der Waals surface area contributed by atoms with E-state index in [1.54, 1.807) is 0 Å². The lowest BCUT2D eigenvalue weighted by atomic mass is 10.3. The van der Waals surface area contributed by atoms with Crippen LogP contribution in [-0.4, -0.2) is 31.2 Å². The molecule has 1 aliphatic carbocycles. The molecule has 1 saturated heterocycles. The van der Waals surface area contributed by atoms with E-state index in [2.05, 4.69) is 5.32 Å². The SMILES string of the molecule is Cl.FC1(F)CC12CNCCO2. The van der Waals surface area contributed by atoms with Crippen LogP contribution >= 0.6 is 12.4 Å². The summed E-state index contributed by atoms with van der Waals surface area (Å²) in [5.74, 6) is -2.57. The maximum atomic E-state index is 12.5. The van der Waals surface area contributed by atoms with E-state index in [1.165, 1.54) is 0 Å². The maximum Gasteiger partial charge on any atom is 0.280 e. The van der Waals surface area contributed by atoms with Crippen molar-refractivity contribution in [3.8, 4) is 0 Å². The smallest absolute Gasteiger partial charge is 0.280 e. The Morgan fingerprint density at radius 1 is 1.36 bits per heavy atom. The van der Waals surface area contributed by atoms with Crippen LogP contribution in [0.25, 0.3) is 0 Å². The molecule has 1 N–H and O–H groups in total. The van der Waals surface area contributed by atoms with E-state index in [0.29, 0.717) is 19.7 Å². The molecule has 0 amide bonds. The number of hydrogen-bond donors (Lipinski definition) is 1. The van der Waals surface area contributed by atoms with Gasteiger partial charge in [-0.25, -0.2) is 8.78 Å². The van der Waals surface area contributed by atoms with E-state index >= 15 is 0 Å². The van der Waals surface area contributed by atoms with Gasteiger partial charge in [0.1, 0.15) is 5.60 Å². The number of halogens is 3. The first kappa shape index (κ1) is 9.16. The summed E-state index contributed by atoms with van der Waals surface area (Å²) in [5.41, 5.74) is -1.12. The molecule has 66 valence electrons. The highest BCUT2D eigenvalue weighted by molar-refractivity contribution is 5.85. The van der Waals surface area contributed by atoms with E-state index in [1.807, 2.05) is 0 Å². The molecule has 2 rings (SSSR count). The predicted octanol–water partition coefficient (Wildman–Crippen LogP) is 0.806. The minimum atomic E-state index is -2.57. The van der Waals surface area contributed by atoms with Gasteiger partial charge in [0.2, 0.25) is 0 Å². The molecule has 2 nitrogen and oxygen atoms in total. The molecular weight excluding hydrogens is 176 g/mol. The first-order valence-electron chi connectivity index (χ1n) is 3.39. The Hall–Kier alpha value is 0.0700. The van der Waals surface area contributed by atoms with Crippen molar-refractivity contribution < 1.29 is 13.5 Å². The van der Waals surface area contributed by atoms with E-state index in [4.69, 9.17) is 4.74 Å². The topological polar surface area (TPSA) is 21.3 Å². The van der Waals surface area contributed by atoms with E-state index in [9.17, 15) is 8.78 Å². The van der Waals surface area contributed by atoms with Crippen LogP contribution in [0.4, 0.5) is 8.78 Å². The molecular formula is C6H10ClF2NO. The number of alkyl halides is 2. The average Bonchev–Trinajstić information content (AvgIpc) is 2.36. The molecule has 5 heteroatoms. The van der Waals surface area contributed by atoms with E-state index < -0.39 is 11.5 Å². The highest BCUT2D eigenvalue weighted by Gasteiger charge is 2.73. The normalized spacial score (nSPS) is 39.8. The molecule has 0 aromatic rings. The molecule has 0 aromatic heterocycles. The predicted molar refractivity (Wildman–Crippen MR) is 38.4 cm³/mol. The number of nitrogens with one attached hydrogen (secondary N) is 1. The highest BCUT2D eigenvalue weighted by atomic mass is 35.5. The minimum absolute atomic E-state index is 0. The molecule has 1 saturated carbocycles. The molecule has 0 radical (unpaired) electrons. The van der Waals surface area contributed by atoms with Crippen LogP contribution in [0.3, 0.4) is 0 Å². The van der Waals surface area contributed by atoms with Crippen LogP contribution < -0.4 is 5.32 Å². The molecule has 1 spiro atoms. The molecule has 2 fully saturated rings. The Morgan fingerprint density at radius 3 is 2.27 bits per heavy atom. The lowest BCUT2D eigenvalue weighted by molar-refractivity contribution is -0.0696. The maximum absolute atomic E-state index is 12.5. The summed E-state index contributed by atoms with van der Waals surface area (Å²) >= 11 is 0. The third-order valence-corrected chi connectivity index (χ3v) is 2.12. The van der Waals surface area contributed by atoms with Crippen LogP contribution in [0.5, 0.6) is 0 Å². The van der Waals surface area contributed by atoms with Gasteiger partial charge in [0.15, 0.2) is 0 Å². The summed E-state index contributed by atoms with van der Waals surface area (Å²) in [6, 6.07) is 0. The zero-order valence-corrected chi connectivity index (χ0v) is 6.72. The highest BCUT2D eigenvalue weighted by Crippen LogP contribution is 2.55. The Labute approximate surface area is 69.7 Å². The second-order valence-corrected chi connectivity index (χ2v) is 2.90. The lowest BCUT2D eigenvalue weighted by Gasteiger charge is -2.23. The van der Waals surface area contributed by atoms with Gasteiger partial charge in [0, 0.05) is 13.1 Å². The minimum Gasteiger partial charge on any atom is -0.366 e. The third-order valence-electron chi connectivity index (χ3n) is 2.12. The molecule has 0 bridgehead atoms. The standard InChI is InChI=1S/C6H9F2NO.ClH/c7-6(8)3-5(6)4-9-1-2-10-5;/h9H,1-4H2;1H. The average molecular weight is 186 g/mol. The van der Waals surface area contributed by atoms with Crippen LogP contribution in [0.15, 0.2) is 0 Å². The fourth-order valence-corrected chi connectivity index (χ4v) is 1.32. The second kappa shape index (κ2) is 2.54. The van der Waals surface area contributed by atoms with Crippen LogP contribution in [0.1, 0.15) is 6.42 Å². The number of rotatable bonds is 0. The third kappa shape index (κ3) is 1.23. The molecule has 0 aromatic carbocycles. The van der Waals surface area contributed by atoms with Crippen molar-refractivity contribution in [2.75, 3.05) is 19.7 Å². The Kier molecular flexibility index (Phi) is 2.11. The quantitative estimate of drug-likeness (QED) is 0.603. The summed E-state index contributed by atoms with van der Waals surface area (Å²) < 4.78 is 30.0. The van der Waals surface area contributed by atoms with Gasteiger partial charge in [0.05, 0.1) is 13.0 Å². The first-order chi connectivity index (χ1) is 4.66. The monoisotopic (exact) mass is 185 g/mol. The Bertz CT molecular complexity index is 159. The summed E-state index contributed by atoms with van der Waals surface area (Å²) in [6.07, 6.45) is -0.104. The molecule has 1 unspecified atom stereocenters. The van der Waals surface area contributed by atoms with Crippen molar-refractivity contribution >= 4 is 12.4 Å². The van der Waals surface area contributed by atoms with Gasteiger partial charge in [-0.3, -0.25) is 0 Å². The van der Waals surface area contributed by atoms with Crippen molar-refractivity contribution in [2.45, 2.75) is 17.9 Å². The van der Waals surface area contributed by atoms with Crippen molar-refractivity contribution in [1.29, 1.82) is 0 Å². The van der Waals surface area contributed by atoms with Gasteiger partial charge in [0.25, 0.3) is 5.92 Å². The number of ether oxygens (including phenoxy) is 1. The Balaban J connectivity index is 0.000000605. The zero-order chi connectivity index (χ0) is 7.24. The summed E-state index contributed by atoms with van der Waals surface area (Å²) in [6.45, 7) is 1.41. The van der Waals surface area contributed by atoms with Crippen molar-refractivity contribution in [2.24, 2.45) is 0 Å². The van der Waals surface area contributed by atoms with Crippen molar-refractivity contribution in [3.05, 3.63) is 0 Å². The van der Waals surface area contributed by atoms with Gasteiger partial charge in [-0.15, -0.1) is 12.4 Å². The number of hydrogen-bond acceptors (Lipinski definition) is 2. The molecule has 1 aliphatic heterocycles. The summed E-state index contributed by atoms with van der Waals surface area (Å²) in [5, 5.41) is 2.89. The van der Waals surface area contributed by atoms with Gasteiger partial charge in [-0.1, -0.05) is 0 Å². The Morgan fingerprint density at radius 2 is 2.00 bits per heavy atom. The lowest BCUT2D eigenvalue weighted by Crippen LogP contribution is -2.43. The fraction of sp³-hybridized carbons (Fsp3) is 1.00. The molecule has 11 heavy (non-hydrogen) atoms. The summed E-state index contributed by atoms with van der Waals surface area (Å²) in [7, 11) is 0. The van der Waals surface area contributed by atoms with Gasteiger partial charge >= 0.3 is 0 Å². The molecule has 1 heterocycles. The van der Waals surface area contributed by atoms with Gasteiger partial charge in [-0.05, 0) is 0 Å². The van der Waals surface area contributed by atoms with Gasteiger partial charge in [-0.2, -0.15) is 0 Å². The van der Waals surface area contributed by atoms with Crippen molar-refractivity contribution in [3.63, 3.8) is 0 Å². The van der Waals surface area contributed by atoms with E-state index in [-0.39, 0.29) is 18.8 Å². The second-order valence-electron chi connectivity index (χ2n) is 2.90. The van der Waals surface area contributed by atoms with Crippen LogP contribution in [-0.2, 0) is 4.74 Å². The van der Waals surface area contributed by atoms with Crippen molar-refractivity contribution in [1.82, 2.24) is 5.32 Å². The van der Waals surface area contributed by atoms with Gasteiger partial charge < -0.3 is 10.1 Å². The van der Waals surface area contributed by atoms with Crippen LogP contribution in [0, 0.1) is 0 Å². The fourth-order valence-electron chi connectivity index (χ4n) is 1.32. The van der Waals surface area contributed by atoms with Crippen LogP contribution in [0.2, 0.25) is 0 Å². The van der Waals surface area contributed by atoms with E-state index in [0.717, 1.165) is 0 Å². The summed E-state index contributed by atoms with van der Waals surface area (Å²) in [4.78, 5) is 0. The molecule has 1 atom stereocenters. The zero-order valence-electron chi connectivity index (χ0n) is 5.90. The molecule has 2 aliphatic rings. The first-order valence-corrected chi connectivity index (χ1v) is 3.39. The number of morpholine rings is 1. The largest absolute Gasteiger partial charge is 0.366 e.